The van der Waals surface area contributed by atoms with Gasteiger partial charge in [-0.2, -0.15) is 0 Å². The number of hydrogen-bond donors (Lipinski definition) is 1. The molecule has 2 rings (SSSR count). The molecule has 0 amide bonds. The first-order valence-electron chi connectivity index (χ1n) is 6.81. The van der Waals surface area contributed by atoms with Crippen molar-refractivity contribution in [3.05, 3.63) is 11.6 Å². The van der Waals surface area contributed by atoms with Crippen LogP contribution in [0.5, 0.6) is 0 Å². The molecule has 2 aliphatic carbocycles. The highest BCUT2D eigenvalue weighted by atomic mass is 16.3. The van der Waals surface area contributed by atoms with E-state index in [2.05, 4.69) is 33.8 Å². The van der Waals surface area contributed by atoms with Gasteiger partial charge in [-0.15, -0.1) is 0 Å². The largest absolute Gasteiger partial charge is 0.390 e. The molecular formula is C15H26O. The van der Waals surface area contributed by atoms with Crippen LogP contribution in [0.3, 0.4) is 0 Å². The van der Waals surface area contributed by atoms with Gasteiger partial charge in [0.2, 0.25) is 0 Å². The lowest BCUT2D eigenvalue weighted by molar-refractivity contribution is -0.0807. The average molecular weight is 222 g/mol. The van der Waals surface area contributed by atoms with Crippen molar-refractivity contribution >= 4 is 0 Å². The lowest BCUT2D eigenvalue weighted by Gasteiger charge is -2.49. The maximum absolute atomic E-state index is 10.5. The summed E-state index contributed by atoms with van der Waals surface area (Å²) in [4.78, 5) is 0. The minimum atomic E-state index is -0.423. The first kappa shape index (κ1) is 12.2. The molecule has 0 unspecified atom stereocenters. The number of fused-ring (bicyclic) bond motifs is 1. The summed E-state index contributed by atoms with van der Waals surface area (Å²) in [5, 5.41) is 10.5. The molecule has 0 spiro atoms. The molecular weight excluding hydrogens is 196 g/mol. The zero-order valence-electron chi connectivity index (χ0n) is 11.2. The van der Waals surface area contributed by atoms with E-state index in [1.807, 2.05) is 0 Å². The van der Waals surface area contributed by atoms with Crippen molar-refractivity contribution in [3.8, 4) is 0 Å². The van der Waals surface area contributed by atoms with E-state index in [0.717, 1.165) is 18.3 Å². The fourth-order valence-electron chi connectivity index (χ4n) is 3.87. The second-order valence-corrected chi connectivity index (χ2v) is 6.54. The van der Waals surface area contributed by atoms with Gasteiger partial charge in [-0.1, -0.05) is 25.5 Å². The van der Waals surface area contributed by atoms with Crippen molar-refractivity contribution in [2.75, 3.05) is 0 Å². The summed E-state index contributed by atoms with van der Waals surface area (Å²) in [6.45, 7) is 8.96. The Balaban J connectivity index is 2.27. The van der Waals surface area contributed by atoms with Gasteiger partial charge in [0, 0.05) is 0 Å². The lowest BCUT2D eigenvalue weighted by atomic mass is 9.58. The Bertz CT molecular complexity index is 288. The Morgan fingerprint density at radius 2 is 2.06 bits per heavy atom. The predicted molar refractivity (Wildman–Crippen MR) is 68.2 cm³/mol. The van der Waals surface area contributed by atoms with Gasteiger partial charge >= 0.3 is 0 Å². The molecule has 1 nitrogen and oxygen atoms in total. The Morgan fingerprint density at radius 3 is 2.69 bits per heavy atom. The van der Waals surface area contributed by atoms with Crippen LogP contribution in [-0.2, 0) is 0 Å². The van der Waals surface area contributed by atoms with Crippen LogP contribution in [0.4, 0.5) is 0 Å². The van der Waals surface area contributed by atoms with Gasteiger partial charge in [-0.05, 0) is 63.2 Å². The third-order valence-electron chi connectivity index (χ3n) is 4.92. The third-order valence-corrected chi connectivity index (χ3v) is 4.92. The molecule has 0 saturated heterocycles. The van der Waals surface area contributed by atoms with Gasteiger partial charge in [0.1, 0.15) is 0 Å². The number of allylic oxidation sites excluding steroid dienone is 2. The standard InChI is InChI=1S/C15H26O/c1-10(2)12-7-8-15(4,16)14-6-5-11(3)9-13(12)14/h9-10,12-14,16H,5-8H2,1-4H3/t12-,13-,14-,15-/m0/s1. The highest BCUT2D eigenvalue weighted by Gasteiger charge is 2.46. The van der Waals surface area contributed by atoms with Crippen LogP contribution in [-0.4, -0.2) is 10.7 Å². The first-order valence-corrected chi connectivity index (χ1v) is 6.81. The Kier molecular flexibility index (Phi) is 3.18. The molecule has 0 aliphatic heterocycles. The van der Waals surface area contributed by atoms with Gasteiger partial charge in [0.15, 0.2) is 0 Å². The Morgan fingerprint density at radius 1 is 1.38 bits per heavy atom. The molecule has 0 aromatic heterocycles. The van der Waals surface area contributed by atoms with Crippen LogP contribution in [0.2, 0.25) is 0 Å². The van der Waals surface area contributed by atoms with Gasteiger partial charge < -0.3 is 5.11 Å². The van der Waals surface area contributed by atoms with E-state index in [0.29, 0.717) is 11.8 Å². The van der Waals surface area contributed by atoms with Crippen LogP contribution in [0, 0.1) is 23.7 Å². The van der Waals surface area contributed by atoms with Crippen molar-refractivity contribution in [2.24, 2.45) is 23.7 Å². The zero-order valence-corrected chi connectivity index (χ0v) is 11.2. The van der Waals surface area contributed by atoms with Crippen molar-refractivity contribution in [1.29, 1.82) is 0 Å². The molecule has 1 saturated carbocycles. The van der Waals surface area contributed by atoms with Crippen LogP contribution >= 0.6 is 0 Å². The third kappa shape index (κ3) is 2.07. The molecule has 0 aromatic rings. The van der Waals surface area contributed by atoms with E-state index in [9.17, 15) is 5.11 Å². The molecule has 4 atom stereocenters. The van der Waals surface area contributed by atoms with Gasteiger partial charge in [-0.3, -0.25) is 0 Å². The fourth-order valence-corrected chi connectivity index (χ4v) is 3.87. The Hall–Kier alpha value is -0.300. The molecule has 0 bridgehead atoms. The summed E-state index contributed by atoms with van der Waals surface area (Å²) < 4.78 is 0. The number of aliphatic hydroxyl groups is 1. The van der Waals surface area contributed by atoms with Crippen LogP contribution in [0.25, 0.3) is 0 Å². The quantitative estimate of drug-likeness (QED) is 0.669. The molecule has 1 fully saturated rings. The number of rotatable bonds is 1. The monoisotopic (exact) mass is 222 g/mol. The SMILES string of the molecule is CC1=C[C@H]2[C@H](C(C)C)CC[C@](C)(O)[C@H]2CC1. The summed E-state index contributed by atoms with van der Waals surface area (Å²) in [6.07, 6.45) is 7.01. The van der Waals surface area contributed by atoms with Crippen molar-refractivity contribution in [2.45, 2.75) is 59.0 Å². The van der Waals surface area contributed by atoms with E-state index in [1.165, 1.54) is 24.8 Å². The molecule has 0 radical (unpaired) electrons. The van der Waals surface area contributed by atoms with Gasteiger partial charge in [0.25, 0.3) is 0 Å². The summed E-state index contributed by atoms with van der Waals surface area (Å²) in [5.41, 5.74) is 1.11. The summed E-state index contributed by atoms with van der Waals surface area (Å²) in [6, 6.07) is 0. The topological polar surface area (TPSA) is 20.2 Å². The van der Waals surface area contributed by atoms with Crippen LogP contribution in [0.15, 0.2) is 11.6 Å². The summed E-state index contributed by atoms with van der Waals surface area (Å²) >= 11 is 0. The molecule has 92 valence electrons. The zero-order chi connectivity index (χ0) is 11.9. The van der Waals surface area contributed by atoms with E-state index in [4.69, 9.17) is 0 Å². The highest BCUT2D eigenvalue weighted by molar-refractivity contribution is 5.13. The molecule has 2 aliphatic rings. The van der Waals surface area contributed by atoms with Crippen molar-refractivity contribution < 1.29 is 5.11 Å². The van der Waals surface area contributed by atoms with E-state index < -0.39 is 5.60 Å². The van der Waals surface area contributed by atoms with Gasteiger partial charge in [0.05, 0.1) is 5.60 Å². The fraction of sp³-hybridized carbons (Fsp3) is 0.867. The number of hydrogen-bond acceptors (Lipinski definition) is 1. The minimum Gasteiger partial charge on any atom is -0.390 e. The normalized spacial score (nSPS) is 44.1. The highest BCUT2D eigenvalue weighted by Crippen LogP contribution is 2.49. The minimum absolute atomic E-state index is 0.423. The summed E-state index contributed by atoms with van der Waals surface area (Å²) in [5.74, 6) is 2.64. The van der Waals surface area contributed by atoms with E-state index in [-0.39, 0.29) is 0 Å². The van der Waals surface area contributed by atoms with Crippen molar-refractivity contribution in [3.63, 3.8) is 0 Å². The van der Waals surface area contributed by atoms with E-state index in [1.54, 1.807) is 0 Å². The Labute approximate surface area is 99.9 Å². The lowest BCUT2D eigenvalue weighted by Crippen LogP contribution is -2.48. The second kappa shape index (κ2) is 4.18. The average Bonchev–Trinajstić information content (AvgIpc) is 2.16. The maximum atomic E-state index is 10.5. The van der Waals surface area contributed by atoms with E-state index >= 15 is 0 Å². The molecule has 0 heterocycles. The van der Waals surface area contributed by atoms with Crippen molar-refractivity contribution in [1.82, 2.24) is 0 Å². The predicted octanol–water partition coefficient (Wildman–Crippen LogP) is 3.78. The molecule has 1 N–H and O–H groups in total. The molecule has 1 heteroatoms. The smallest absolute Gasteiger partial charge is 0.0653 e. The second-order valence-electron chi connectivity index (χ2n) is 6.54. The summed E-state index contributed by atoms with van der Waals surface area (Å²) in [7, 11) is 0. The molecule has 0 aromatic carbocycles. The van der Waals surface area contributed by atoms with Crippen LogP contribution in [0.1, 0.15) is 53.4 Å². The maximum Gasteiger partial charge on any atom is 0.0653 e. The van der Waals surface area contributed by atoms with Crippen LogP contribution < -0.4 is 0 Å². The first-order chi connectivity index (χ1) is 7.42. The van der Waals surface area contributed by atoms with Gasteiger partial charge in [-0.25, -0.2) is 0 Å². The molecule has 16 heavy (non-hydrogen) atoms.